The average Bonchev–Trinajstić information content (AvgIpc) is 2.19. The van der Waals surface area contributed by atoms with Gasteiger partial charge in [-0.15, -0.1) is 0 Å². The van der Waals surface area contributed by atoms with Crippen LogP contribution >= 0.6 is 0 Å². The SMILES string of the molecule is Cc1cc(C)c(C2CNCCC2C)c(C)c1. The van der Waals surface area contributed by atoms with Gasteiger partial charge >= 0.3 is 0 Å². The number of benzene rings is 1. The van der Waals surface area contributed by atoms with Crippen molar-refractivity contribution in [3.05, 3.63) is 34.4 Å². The van der Waals surface area contributed by atoms with E-state index in [1.807, 2.05) is 0 Å². The van der Waals surface area contributed by atoms with Crippen molar-refractivity contribution in [1.29, 1.82) is 0 Å². The molecule has 0 spiro atoms. The van der Waals surface area contributed by atoms with Gasteiger partial charge in [-0.25, -0.2) is 0 Å². The molecule has 0 bridgehead atoms. The van der Waals surface area contributed by atoms with Gasteiger partial charge in [-0.05, 0) is 62.3 Å². The van der Waals surface area contributed by atoms with Crippen LogP contribution in [0.2, 0.25) is 0 Å². The first-order valence-corrected chi connectivity index (χ1v) is 6.38. The normalized spacial score (nSPS) is 25.8. The van der Waals surface area contributed by atoms with Gasteiger partial charge in [-0.2, -0.15) is 0 Å². The number of nitrogens with one attached hydrogen (secondary N) is 1. The van der Waals surface area contributed by atoms with Crippen LogP contribution in [0.4, 0.5) is 0 Å². The molecule has 2 unspecified atom stereocenters. The first kappa shape index (κ1) is 11.7. The topological polar surface area (TPSA) is 12.0 Å². The van der Waals surface area contributed by atoms with Gasteiger partial charge in [0.25, 0.3) is 0 Å². The van der Waals surface area contributed by atoms with E-state index in [2.05, 4.69) is 45.1 Å². The summed E-state index contributed by atoms with van der Waals surface area (Å²) < 4.78 is 0. The Morgan fingerprint density at radius 2 is 1.75 bits per heavy atom. The van der Waals surface area contributed by atoms with Crippen LogP contribution in [0.1, 0.15) is 41.5 Å². The summed E-state index contributed by atoms with van der Waals surface area (Å²) in [7, 11) is 0. The van der Waals surface area contributed by atoms with Gasteiger partial charge in [0.2, 0.25) is 0 Å². The first-order valence-electron chi connectivity index (χ1n) is 6.38. The Kier molecular flexibility index (Phi) is 3.34. The molecule has 0 saturated carbocycles. The van der Waals surface area contributed by atoms with Gasteiger partial charge in [0, 0.05) is 6.54 Å². The predicted molar refractivity (Wildman–Crippen MR) is 70.0 cm³/mol. The van der Waals surface area contributed by atoms with Crippen LogP contribution in [0.5, 0.6) is 0 Å². The van der Waals surface area contributed by atoms with Crippen LogP contribution in [0.3, 0.4) is 0 Å². The summed E-state index contributed by atoms with van der Waals surface area (Å²) in [6.07, 6.45) is 1.30. The quantitative estimate of drug-likeness (QED) is 0.761. The third-order valence-corrected chi connectivity index (χ3v) is 3.94. The zero-order valence-electron chi connectivity index (χ0n) is 10.9. The summed E-state index contributed by atoms with van der Waals surface area (Å²) in [6, 6.07) is 4.65. The fourth-order valence-electron chi connectivity index (χ4n) is 3.15. The van der Waals surface area contributed by atoms with E-state index in [0.717, 1.165) is 12.5 Å². The van der Waals surface area contributed by atoms with E-state index in [1.54, 1.807) is 5.56 Å². The van der Waals surface area contributed by atoms with Crippen LogP contribution in [0, 0.1) is 26.7 Å². The molecular formula is C15H23N. The largest absolute Gasteiger partial charge is 0.316 e. The van der Waals surface area contributed by atoms with E-state index in [1.165, 1.54) is 29.7 Å². The Balaban J connectivity index is 2.38. The molecule has 1 aliphatic rings. The van der Waals surface area contributed by atoms with E-state index < -0.39 is 0 Å². The number of aryl methyl sites for hydroxylation is 3. The minimum Gasteiger partial charge on any atom is -0.316 e. The molecule has 1 saturated heterocycles. The summed E-state index contributed by atoms with van der Waals surface area (Å²) in [5, 5.41) is 3.53. The maximum Gasteiger partial charge on any atom is 0.00229 e. The van der Waals surface area contributed by atoms with Crippen molar-refractivity contribution in [2.75, 3.05) is 13.1 Å². The summed E-state index contributed by atoms with van der Waals surface area (Å²) in [6.45, 7) is 11.4. The smallest absolute Gasteiger partial charge is 0.00229 e. The maximum absolute atomic E-state index is 3.53. The Morgan fingerprint density at radius 3 is 2.31 bits per heavy atom. The highest BCUT2D eigenvalue weighted by atomic mass is 14.9. The molecule has 1 aromatic rings. The highest BCUT2D eigenvalue weighted by molar-refractivity contribution is 5.40. The minimum atomic E-state index is 0.703. The highest BCUT2D eigenvalue weighted by Crippen LogP contribution is 2.33. The molecule has 0 radical (unpaired) electrons. The Labute approximate surface area is 99.3 Å². The third kappa shape index (κ3) is 2.15. The maximum atomic E-state index is 3.53. The van der Waals surface area contributed by atoms with Gasteiger partial charge in [0.15, 0.2) is 0 Å². The summed E-state index contributed by atoms with van der Waals surface area (Å²) >= 11 is 0. The third-order valence-electron chi connectivity index (χ3n) is 3.94. The standard InChI is InChI=1S/C15H23N/c1-10-7-12(3)15(13(4)8-10)14-9-16-6-5-11(14)2/h7-8,11,14,16H,5-6,9H2,1-4H3. The summed E-state index contributed by atoms with van der Waals surface area (Å²) in [5.74, 6) is 1.51. The fourth-order valence-corrected chi connectivity index (χ4v) is 3.15. The molecule has 1 heterocycles. The van der Waals surface area contributed by atoms with Crippen molar-refractivity contribution in [3.8, 4) is 0 Å². The number of piperidine rings is 1. The van der Waals surface area contributed by atoms with Crippen molar-refractivity contribution in [3.63, 3.8) is 0 Å². The van der Waals surface area contributed by atoms with Gasteiger partial charge in [-0.1, -0.05) is 24.6 Å². The average molecular weight is 217 g/mol. The Hall–Kier alpha value is -0.820. The molecule has 1 nitrogen and oxygen atoms in total. The van der Waals surface area contributed by atoms with E-state index in [9.17, 15) is 0 Å². The number of rotatable bonds is 1. The van der Waals surface area contributed by atoms with E-state index in [0.29, 0.717) is 5.92 Å². The molecule has 2 atom stereocenters. The van der Waals surface area contributed by atoms with E-state index >= 15 is 0 Å². The van der Waals surface area contributed by atoms with Gasteiger partial charge < -0.3 is 5.32 Å². The van der Waals surface area contributed by atoms with Crippen molar-refractivity contribution in [1.82, 2.24) is 5.32 Å². The fraction of sp³-hybridized carbons (Fsp3) is 0.600. The molecule has 88 valence electrons. The van der Waals surface area contributed by atoms with Crippen LogP contribution < -0.4 is 5.32 Å². The van der Waals surface area contributed by atoms with Gasteiger partial charge in [0.1, 0.15) is 0 Å². The van der Waals surface area contributed by atoms with Gasteiger partial charge in [-0.3, -0.25) is 0 Å². The van der Waals surface area contributed by atoms with Crippen LogP contribution in [0.15, 0.2) is 12.1 Å². The van der Waals surface area contributed by atoms with Crippen LogP contribution in [0.25, 0.3) is 0 Å². The molecule has 1 fully saturated rings. The molecule has 16 heavy (non-hydrogen) atoms. The van der Waals surface area contributed by atoms with Crippen LogP contribution in [-0.4, -0.2) is 13.1 Å². The lowest BCUT2D eigenvalue weighted by atomic mass is 9.79. The molecule has 1 N–H and O–H groups in total. The zero-order valence-corrected chi connectivity index (χ0v) is 10.9. The Bertz CT molecular complexity index is 358. The first-order chi connectivity index (χ1) is 7.59. The van der Waals surface area contributed by atoms with Gasteiger partial charge in [0.05, 0.1) is 0 Å². The van der Waals surface area contributed by atoms with E-state index in [-0.39, 0.29) is 0 Å². The minimum absolute atomic E-state index is 0.703. The lowest BCUT2D eigenvalue weighted by molar-refractivity contribution is 0.346. The summed E-state index contributed by atoms with van der Waals surface area (Å²) in [4.78, 5) is 0. The molecular weight excluding hydrogens is 194 g/mol. The second-order valence-electron chi connectivity index (χ2n) is 5.39. The highest BCUT2D eigenvalue weighted by Gasteiger charge is 2.25. The van der Waals surface area contributed by atoms with Crippen molar-refractivity contribution in [2.24, 2.45) is 5.92 Å². The molecule has 0 amide bonds. The molecule has 0 aromatic heterocycles. The van der Waals surface area contributed by atoms with Crippen LogP contribution in [-0.2, 0) is 0 Å². The summed E-state index contributed by atoms with van der Waals surface area (Å²) in [5.41, 5.74) is 5.91. The predicted octanol–water partition coefficient (Wildman–Crippen LogP) is 3.32. The van der Waals surface area contributed by atoms with Crippen molar-refractivity contribution >= 4 is 0 Å². The molecule has 1 aromatic carbocycles. The van der Waals surface area contributed by atoms with Crippen molar-refractivity contribution in [2.45, 2.75) is 40.0 Å². The zero-order chi connectivity index (χ0) is 11.7. The molecule has 1 aliphatic heterocycles. The van der Waals surface area contributed by atoms with Crippen molar-refractivity contribution < 1.29 is 0 Å². The second kappa shape index (κ2) is 4.58. The molecule has 0 aliphatic carbocycles. The second-order valence-corrected chi connectivity index (χ2v) is 5.39. The lowest BCUT2D eigenvalue weighted by Gasteiger charge is -2.32. The Morgan fingerprint density at radius 1 is 1.12 bits per heavy atom. The number of hydrogen-bond acceptors (Lipinski definition) is 1. The number of hydrogen-bond donors (Lipinski definition) is 1. The monoisotopic (exact) mass is 217 g/mol. The lowest BCUT2D eigenvalue weighted by Crippen LogP contribution is -2.34. The molecule has 1 heteroatoms. The van der Waals surface area contributed by atoms with E-state index in [4.69, 9.17) is 0 Å². The molecule has 2 rings (SSSR count).